The van der Waals surface area contributed by atoms with Crippen molar-refractivity contribution in [2.75, 3.05) is 6.54 Å². The summed E-state index contributed by atoms with van der Waals surface area (Å²) in [7, 11) is -1.70. The van der Waals surface area contributed by atoms with E-state index in [-0.39, 0.29) is 24.7 Å². The number of pyridine rings is 1. The Morgan fingerprint density at radius 2 is 1.82 bits per heavy atom. The van der Waals surface area contributed by atoms with E-state index < -0.39 is 24.6 Å². The molecular formula is C28H33BN4O5. The van der Waals surface area contributed by atoms with Crippen LogP contribution in [0.3, 0.4) is 0 Å². The minimum atomic E-state index is -1.70. The number of oxime groups is 1. The average Bonchev–Trinajstić information content (AvgIpc) is 3.32. The van der Waals surface area contributed by atoms with Gasteiger partial charge in [-0.3, -0.25) is 14.6 Å². The van der Waals surface area contributed by atoms with E-state index in [1.165, 1.54) is 0 Å². The van der Waals surface area contributed by atoms with E-state index in [4.69, 9.17) is 4.84 Å². The molecule has 2 amide bonds. The molecule has 1 aromatic heterocycles. The smallest absolute Gasteiger partial charge is 0.426 e. The Bertz CT molecular complexity index is 1300. The van der Waals surface area contributed by atoms with Crippen molar-refractivity contribution in [2.24, 2.45) is 11.1 Å². The van der Waals surface area contributed by atoms with Gasteiger partial charge in [-0.2, -0.15) is 0 Å². The number of rotatable bonds is 11. The minimum Gasteiger partial charge on any atom is -0.426 e. The first-order valence-corrected chi connectivity index (χ1v) is 12.8. The molecular weight excluding hydrogens is 483 g/mol. The number of benzene rings is 2. The lowest BCUT2D eigenvalue weighted by atomic mass is 9.74. The monoisotopic (exact) mass is 516 g/mol. The predicted octanol–water partition coefficient (Wildman–Crippen LogP) is 2.66. The molecule has 0 spiro atoms. The Kier molecular flexibility index (Phi) is 8.75. The summed E-state index contributed by atoms with van der Waals surface area (Å²) in [5, 5.41) is 31.2. The van der Waals surface area contributed by atoms with E-state index in [0.717, 1.165) is 16.3 Å². The van der Waals surface area contributed by atoms with Gasteiger partial charge in [0.15, 0.2) is 0 Å². The van der Waals surface area contributed by atoms with Crippen molar-refractivity contribution >= 4 is 35.4 Å². The second-order valence-electron chi connectivity index (χ2n) is 10.1. The first kappa shape index (κ1) is 27.3. The van der Waals surface area contributed by atoms with Crippen LogP contribution in [-0.2, 0) is 16.1 Å². The van der Waals surface area contributed by atoms with Gasteiger partial charge in [0.05, 0.1) is 11.7 Å². The number of aromatic nitrogens is 1. The maximum absolute atomic E-state index is 13.5. The maximum Gasteiger partial charge on any atom is 0.475 e. The van der Waals surface area contributed by atoms with E-state index in [2.05, 4.69) is 20.8 Å². The van der Waals surface area contributed by atoms with E-state index in [9.17, 15) is 19.6 Å². The molecule has 0 bridgehead atoms. The molecule has 0 aliphatic carbocycles. The number of nitrogens with zero attached hydrogens (tertiary/aromatic N) is 2. The fraction of sp³-hybridized carbons (Fsp3) is 0.357. The largest absolute Gasteiger partial charge is 0.475 e. The number of nitrogens with one attached hydrogen (secondary N) is 2. The molecule has 9 nitrogen and oxygen atoms in total. The highest BCUT2D eigenvalue weighted by Crippen LogP contribution is 2.30. The number of amides is 2. The molecule has 1 unspecified atom stereocenters. The summed E-state index contributed by atoms with van der Waals surface area (Å²) in [6.45, 7) is 4.17. The Morgan fingerprint density at radius 1 is 1.08 bits per heavy atom. The number of carbonyl (C=O) groups is 2. The highest BCUT2D eigenvalue weighted by atomic mass is 16.7. The molecule has 3 aromatic rings. The number of carbonyl (C=O) groups excluding carboxylic acids is 2. The van der Waals surface area contributed by atoms with Crippen LogP contribution in [-0.4, -0.2) is 57.8 Å². The van der Waals surface area contributed by atoms with Gasteiger partial charge < -0.3 is 25.5 Å². The lowest BCUT2D eigenvalue weighted by Crippen LogP contribution is -2.56. The number of hydrogen-bond acceptors (Lipinski definition) is 7. The highest BCUT2D eigenvalue weighted by Gasteiger charge is 2.47. The molecule has 38 heavy (non-hydrogen) atoms. The molecule has 2 aromatic carbocycles. The quantitative estimate of drug-likeness (QED) is 0.290. The second-order valence-corrected chi connectivity index (χ2v) is 10.1. The third-order valence-corrected chi connectivity index (χ3v) is 6.57. The van der Waals surface area contributed by atoms with Crippen molar-refractivity contribution in [2.45, 2.75) is 51.1 Å². The Morgan fingerprint density at radius 3 is 2.55 bits per heavy atom. The summed E-state index contributed by atoms with van der Waals surface area (Å²) >= 11 is 0. The summed E-state index contributed by atoms with van der Waals surface area (Å²) in [6, 6.07) is 18.9. The average molecular weight is 516 g/mol. The third-order valence-electron chi connectivity index (χ3n) is 6.57. The molecule has 0 saturated heterocycles. The first-order valence-electron chi connectivity index (χ1n) is 12.8. The highest BCUT2D eigenvalue weighted by molar-refractivity contribution is 6.43. The van der Waals surface area contributed by atoms with Crippen LogP contribution < -0.4 is 10.6 Å². The summed E-state index contributed by atoms with van der Waals surface area (Å²) < 4.78 is 0. The van der Waals surface area contributed by atoms with Gasteiger partial charge in [-0.1, -0.05) is 73.6 Å². The Hall–Kier alpha value is -3.76. The normalized spacial score (nSPS) is 17.6. The predicted molar refractivity (Wildman–Crippen MR) is 146 cm³/mol. The molecule has 0 radical (unpaired) electrons. The van der Waals surface area contributed by atoms with Gasteiger partial charge in [-0.15, -0.1) is 0 Å². The van der Waals surface area contributed by atoms with Crippen LogP contribution >= 0.6 is 0 Å². The van der Waals surface area contributed by atoms with Crippen molar-refractivity contribution < 1.29 is 24.5 Å². The maximum atomic E-state index is 13.5. The Balaban J connectivity index is 1.42. The summed E-state index contributed by atoms with van der Waals surface area (Å²) in [5.41, 5.74) is 0.540. The van der Waals surface area contributed by atoms with Crippen molar-refractivity contribution in [1.82, 2.24) is 15.6 Å². The summed E-state index contributed by atoms with van der Waals surface area (Å²) in [6.07, 6.45) is 2.87. The topological polar surface area (TPSA) is 133 Å². The lowest BCUT2D eigenvalue weighted by molar-refractivity contribution is -0.144. The number of hydrogen-bond donors (Lipinski definition) is 4. The first-order chi connectivity index (χ1) is 18.3. The van der Waals surface area contributed by atoms with Crippen LogP contribution in [0.1, 0.15) is 49.2 Å². The van der Waals surface area contributed by atoms with Gasteiger partial charge in [0.2, 0.25) is 5.60 Å². The van der Waals surface area contributed by atoms with Crippen LogP contribution in [0.5, 0.6) is 0 Å². The van der Waals surface area contributed by atoms with Gasteiger partial charge >= 0.3 is 7.12 Å². The molecule has 10 heteroatoms. The fourth-order valence-corrected chi connectivity index (χ4v) is 4.67. The zero-order chi connectivity index (χ0) is 27.1. The lowest BCUT2D eigenvalue weighted by Gasteiger charge is -2.29. The van der Waals surface area contributed by atoms with Gasteiger partial charge in [0.1, 0.15) is 5.69 Å². The Labute approximate surface area is 222 Å². The molecule has 198 valence electrons. The SMILES string of the molecule is CC(C)C[C@H](NC(=O)C1(Cc2ccccc2)CC(CCNC(=O)c2nccc3ccccc23)=NO1)B(O)O. The van der Waals surface area contributed by atoms with Crippen LogP contribution in [0.4, 0.5) is 0 Å². The van der Waals surface area contributed by atoms with E-state index in [0.29, 0.717) is 30.8 Å². The zero-order valence-corrected chi connectivity index (χ0v) is 21.6. The molecule has 2 heterocycles. The third kappa shape index (κ3) is 6.57. The van der Waals surface area contributed by atoms with Gasteiger partial charge in [-0.25, -0.2) is 0 Å². The van der Waals surface area contributed by atoms with Crippen LogP contribution in [0.2, 0.25) is 0 Å². The van der Waals surface area contributed by atoms with Crippen molar-refractivity contribution in [1.29, 1.82) is 0 Å². The van der Waals surface area contributed by atoms with Crippen LogP contribution in [0.15, 0.2) is 72.0 Å². The van der Waals surface area contributed by atoms with Crippen molar-refractivity contribution in [3.8, 4) is 0 Å². The van der Waals surface area contributed by atoms with E-state index >= 15 is 0 Å². The summed E-state index contributed by atoms with van der Waals surface area (Å²) in [4.78, 5) is 36.4. The molecule has 4 N–H and O–H groups in total. The van der Waals surface area contributed by atoms with Crippen molar-refractivity contribution in [3.05, 3.63) is 78.1 Å². The standard InChI is InChI=1S/C28H33BN4O5/c1-19(2)16-24(29(36)37)32-27(35)28(17-20-8-4-3-5-9-20)18-22(33-38-28)13-15-31-26(34)25-23-11-7-6-10-21(23)12-14-30-25/h3-12,14,19,24,36-37H,13,15-18H2,1-2H3,(H,31,34)(H,32,35)/t24-,28?/m0/s1. The summed E-state index contributed by atoms with van der Waals surface area (Å²) in [5.74, 6) is -1.44. The molecule has 1 aliphatic heterocycles. The molecule has 2 atom stereocenters. The minimum absolute atomic E-state index is 0.142. The van der Waals surface area contributed by atoms with Gasteiger partial charge in [-0.05, 0) is 29.4 Å². The van der Waals surface area contributed by atoms with Gasteiger partial charge in [0, 0.05) is 37.4 Å². The van der Waals surface area contributed by atoms with Gasteiger partial charge in [0.25, 0.3) is 11.8 Å². The van der Waals surface area contributed by atoms with Crippen molar-refractivity contribution in [3.63, 3.8) is 0 Å². The zero-order valence-electron chi connectivity index (χ0n) is 21.6. The van der Waals surface area contributed by atoms with E-state index in [1.807, 2.05) is 74.5 Å². The van der Waals surface area contributed by atoms with Crippen LogP contribution in [0.25, 0.3) is 10.8 Å². The molecule has 0 fully saturated rings. The van der Waals surface area contributed by atoms with E-state index in [1.54, 1.807) is 6.20 Å². The fourth-order valence-electron chi connectivity index (χ4n) is 4.67. The molecule has 1 aliphatic rings. The van der Waals surface area contributed by atoms with Crippen LogP contribution in [0, 0.1) is 5.92 Å². The molecule has 4 rings (SSSR count). The number of fused-ring (bicyclic) bond motifs is 1. The second kappa shape index (κ2) is 12.2. The molecule has 0 saturated carbocycles.